The summed E-state index contributed by atoms with van der Waals surface area (Å²) < 4.78 is -0.517. The van der Waals surface area contributed by atoms with Crippen molar-refractivity contribution in [2.24, 2.45) is 0 Å². The molecule has 2 atom stereocenters. The van der Waals surface area contributed by atoms with Gasteiger partial charge in [-0.2, -0.15) is 0 Å². The zero-order valence-electron chi connectivity index (χ0n) is 16.4. The van der Waals surface area contributed by atoms with E-state index in [1.165, 1.54) is 4.90 Å². The van der Waals surface area contributed by atoms with Crippen LogP contribution in [0.1, 0.15) is 23.1 Å². The Balaban J connectivity index is 1.86. The molecule has 0 radical (unpaired) electrons. The van der Waals surface area contributed by atoms with Gasteiger partial charge >= 0.3 is 6.09 Å². The van der Waals surface area contributed by atoms with Gasteiger partial charge in [-0.25, -0.2) is 4.79 Å². The largest absolute Gasteiger partial charge is 0.465 e. The zero-order chi connectivity index (χ0) is 21.0. The summed E-state index contributed by atoms with van der Waals surface area (Å²) in [6, 6.07) is 30.3. The van der Waals surface area contributed by atoms with Gasteiger partial charge in [0.15, 0.2) is 0 Å². The van der Waals surface area contributed by atoms with Gasteiger partial charge < -0.3 is 9.90 Å². The molecule has 0 unspecified atom stereocenters. The molecule has 5 heteroatoms. The Morgan fingerprint density at radius 1 is 0.867 bits per heavy atom. The first-order chi connectivity index (χ1) is 14.6. The molecule has 0 aliphatic carbocycles. The molecule has 1 heterocycles. The van der Waals surface area contributed by atoms with Gasteiger partial charge in [0.05, 0.1) is 10.8 Å². The number of carbonyl (C=O) groups is 2. The molecule has 1 amide bonds. The summed E-state index contributed by atoms with van der Waals surface area (Å²) in [5, 5.41) is 9.52. The van der Waals surface area contributed by atoms with E-state index in [9.17, 15) is 14.7 Å². The van der Waals surface area contributed by atoms with Crippen LogP contribution in [-0.2, 0) is 9.54 Å². The third kappa shape index (κ3) is 3.73. The van der Waals surface area contributed by atoms with Crippen LogP contribution in [0.25, 0.3) is 0 Å². The number of nitrogens with zero attached hydrogens (tertiary/aromatic N) is 1. The molecule has 1 fully saturated rings. The number of thioether (sulfide) groups is 1. The van der Waals surface area contributed by atoms with E-state index in [2.05, 4.69) is 36.4 Å². The Labute approximate surface area is 180 Å². The number of carbonyl (C=O) groups excluding carboxylic acids is 1. The van der Waals surface area contributed by atoms with Gasteiger partial charge in [0, 0.05) is 11.8 Å². The molecule has 3 aromatic carbocycles. The van der Waals surface area contributed by atoms with E-state index in [1.54, 1.807) is 11.8 Å². The Hall–Kier alpha value is -3.05. The smallest absolute Gasteiger partial charge is 0.407 e. The second kappa shape index (κ2) is 8.76. The Bertz CT molecular complexity index is 898. The lowest BCUT2D eigenvalue weighted by atomic mass is 9.84. The summed E-state index contributed by atoms with van der Waals surface area (Å²) in [5.41, 5.74) is 3.39. The third-order valence-electron chi connectivity index (χ3n) is 5.59. The van der Waals surface area contributed by atoms with E-state index >= 15 is 0 Å². The average molecular weight is 418 g/mol. The van der Waals surface area contributed by atoms with E-state index < -0.39 is 16.9 Å². The Morgan fingerprint density at radius 3 is 1.63 bits per heavy atom. The van der Waals surface area contributed by atoms with Gasteiger partial charge in [-0.3, -0.25) is 4.90 Å². The lowest BCUT2D eigenvalue weighted by molar-refractivity contribution is -0.111. The van der Waals surface area contributed by atoms with Crippen molar-refractivity contribution in [1.82, 2.24) is 4.90 Å². The highest BCUT2D eigenvalue weighted by Crippen LogP contribution is 2.51. The number of rotatable bonds is 6. The van der Waals surface area contributed by atoms with Crippen molar-refractivity contribution in [1.29, 1.82) is 0 Å². The normalized spacial score (nSPS) is 18.9. The van der Waals surface area contributed by atoms with Crippen LogP contribution >= 0.6 is 11.8 Å². The van der Waals surface area contributed by atoms with Crippen LogP contribution in [0.3, 0.4) is 0 Å². The van der Waals surface area contributed by atoms with E-state index in [4.69, 9.17) is 0 Å². The number of hydrogen-bond acceptors (Lipinski definition) is 3. The van der Waals surface area contributed by atoms with Crippen molar-refractivity contribution in [2.75, 3.05) is 6.54 Å². The van der Waals surface area contributed by atoms with Gasteiger partial charge in [-0.1, -0.05) is 91.0 Å². The quantitative estimate of drug-likeness (QED) is 0.451. The van der Waals surface area contributed by atoms with Crippen LogP contribution in [0, 0.1) is 0 Å². The van der Waals surface area contributed by atoms with E-state index in [0.717, 1.165) is 23.0 Å². The highest BCUT2D eigenvalue weighted by molar-refractivity contribution is 8.01. The van der Waals surface area contributed by atoms with E-state index in [-0.39, 0.29) is 5.25 Å². The number of benzene rings is 3. The molecule has 4 rings (SSSR count). The molecule has 1 aliphatic heterocycles. The summed E-state index contributed by atoms with van der Waals surface area (Å²) in [4.78, 5) is 24.4. The lowest BCUT2D eigenvalue weighted by Crippen LogP contribution is -2.35. The standard InChI is InChI=1S/C25H23NO3S/c27-18-22-16-23(17-26(22)24(28)29)30-25(19-10-4-1-5-11-19,20-12-6-2-7-13-20)21-14-8-3-9-15-21/h1-15,18,22-23H,16-17H2,(H,28,29)/t22-,23+/m0/s1. The van der Waals surface area contributed by atoms with Crippen LogP contribution in [0.5, 0.6) is 0 Å². The molecule has 0 bridgehead atoms. The number of amides is 1. The predicted octanol–water partition coefficient (Wildman–Crippen LogP) is 5.03. The molecule has 152 valence electrons. The fourth-order valence-electron chi connectivity index (χ4n) is 4.23. The minimum atomic E-state index is -1.04. The van der Waals surface area contributed by atoms with Crippen LogP contribution < -0.4 is 0 Å². The van der Waals surface area contributed by atoms with E-state index in [1.807, 2.05) is 54.6 Å². The molecule has 30 heavy (non-hydrogen) atoms. The Morgan fingerprint density at radius 2 is 1.30 bits per heavy atom. The maximum Gasteiger partial charge on any atom is 0.407 e. The second-order valence-electron chi connectivity index (χ2n) is 7.39. The first-order valence-corrected chi connectivity index (χ1v) is 10.8. The average Bonchev–Trinajstić information content (AvgIpc) is 3.22. The minimum Gasteiger partial charge on any atom is -0.465 e. The molecule has 3 aromatic rings. The summed E-state index contributed by atoms with van der Waals surface area (Å²) in [5.74, 6) is 0. The summed E-state index contributed by atoms with van der Waals surface area (Å²) in [6.45, 7) is 0.331. The van der Waals surface area contributed by atoms with Crippen molar-refractivity contribution in [3.63, 3.8) is 0 Å². The lowest BCUT2D eigenvalue weighted by Gasteiger charge is -2.37. The first-order valence-electron chi connectivity index (χ1n) is 9.94. The molecular formula is C25H23NO3S. The number of hydrogen-bond donors (Lipinski definition) is 1. The van der Waals surface area contributed by atoms with Crippen LogP contribution in [0.4, 0.5) is 4.79 Å². The molecule has 1 N–H and O–H groups in total. The monoisotopic (exact) mass is 417 g/mol. The van der Waals surface area contributed by atoms with Gasteiger partial charge in [-0.15, -0.1) is 11.8 Å². The van der Waals surface area contributed by atoms with Crippen molar-refractivity contribution < 1.29 is 14.7 Å². The number of carboxylic acid groups (broad SMARTS) is 1. The van der Waals surface area contributed by atoms with E-state index in [0.29, 0.717) is 13.0 Å². The van der Waals surface area contributed by atoms with Crippen LogP contribution in [0.2, 0.25) is 0 Å². The number of likely N-dealkylation sites (tertiary alicyclic amines) is 1. The minimum absolute atomic E-state index is 0.0167. The molecule has 4 nitrogen and oxygen atoms in total. The summed E-state index contributed by atoms with van der Waals surface area (Å²) in [6.07, 6.45) is 0.221. The SMILES string of the molecule is O=C[C@@H]1C[C@@H](SC(c2ccccc2)(c2ccccc2)c2ccccc2)CN1C(=O)O. The van der Waals surface area contributed by atoms with Crippen molar-refractivity contribution in [2.45, 2.75) is 22.5 Å². The van der Waals surface area contributed by atoms with Gasteiger partial charge in [0.25, 0.3) is 0 Å². The molecular weight excluding hydrogens is 394 g/mol. The molecule has 0 spiro atoms. The fourth-order valence-corrected chi connectivity index (χ4v) is 6.08. The third-order valence-corrected chi connectivity index (χ3v) is 7.33. The maximum atomic E-state index is 11.6. The van der Waals surface area contributed by atoms with Gasteiger partial charge in [-0.05, 0) is 23.1 Å². The zero-order valence-corrected chi connectivity index (χ0v) is 17.2. The predicted molar refractivity (Wildman–Crippen MR) is 120 cm³/mol. The topological polar surface area (TPSA) is 57.6 Å². The highest BCUT2D eigenvalue weighted by atomic mass is 32.2. The van der Waals surface area contributed by atoms with Crippen molar-refractivity contribution in [3.05, 3.63) is 108 Å². The Kier molecular flexibility index (Phi) is 5.91. The summed E-state index contributed by atoms with van der Waals surface area (Å²) >= 11 is 1.74. The molecule has 0 saturated carbocycles. The second-order valence-corrected chi connectivity index (χ2v) is 8.91. The molecule has 1 aliphatic rings. The highest BCUT2D eigenvalue weighted by Gasteiger charge is 2.44. The van der Waals surface area contributed by atoms with Crippen LogP contribution in [-0.4, -0.2) is 40.2 Å². The first kappa shape index (κ1) is 20.2. The van der Waals surface area contributed by atoms with Gasteiger partial charge in [0.1, 0.15) is 6.29 Å². The number of aldehydes is 1. The van der Waals surface area contributed by atoms with Crippen molar-refractivity contribution >= 4 is 24.1 Å². The summed E-state index contributed by atoms with van der Waals surface area (Å²) in [7, 11) is 0. The fraction of sp³-hybridized carbons (Fsp3) is 0.200. The molecule has 1 saturated heterocycles. The van der Waals surface area contributed by atoms with Crippen LogP contribution in [0.15, 0.2) is 91.0 Å². The molecule has 0 aromatic heterocycles. The van der Waals surface area contributed by atoms with Gasteiger partial charge in [0.2, 0.25) is 0 Å². The van der Waals surface area contributed by atoms with Crippen molar-refractivity contribution in [3.8, 4) is 0 Å². The maximum absolute atomic E-state index is 11.6.